The third-order valence-corrected chi connectivity index (χ3v) is 2.48. The van der Waals surface area contributed by atoms with Crippen LogP contribution < -0.4 is 10.6 Å². The number of primary amides is 1. The number of carbonyl (C=O) groups is 1. The van der Waals surface area contributed by atoms with E-state index >= 15 is 0 Å². The van der Waals surface area contributed by atoms with Crippen LogP contribution in [-0.4, -0.2) is 12.6 Å². The molecule has 0 spiro atoms. The Kier molecular flexibility index (Phi) is 1.72. The predicted molar refractivity (Wildman–Crippen MR) is 51.8 cm³/mol. The molecule has 0 fully saturated rings. The topological polar surface area (TPSA) is 46.3 Å². The minimum atomic E-state index is -0.364. The van der Waals surface area contributed by atoms with E-state index in [1.54, 1.807) is 4.90 Å². The third-order valence-electron chi connectivity index (χ3n) is 2.48. The van der Waals surface area contributed by atoms with Crippen LogP contribution in [0.4, 0.5) is 10.5 Å². The molecule has 1 aliphatic heterocycles. The minimum absolute atomic E-state index is 0.364. The molecule has 0 aromatic heterocycles. The first-order chi connectivity index (χ1) is 6.20. The second-order valence-electron chi connectivity index (χ2n) is 3.41. The number of para-hydroxylation sites is 1. The highest BCUT2D eigenvalue weighted by Gasteiger charge is 2.27. The SMILES string of the molecule is CC1CN(C(N)=O)c2ccccc21. The van der Waals surface area contributed by atoms with E-state index in [4.69, 9.17) is 5.73 Å². The number of benzene rings is 1. The van der Waals surface area contributed by atoms with Crippen LogP contribution >= 0.6 is 0 Å². The van der Waals surface area contributed by atoms with Crippen molar-refractivity contribution < 1.29 is 4.79 Å². The van der Waals surface area contributed by atoms with Crippen LogP contribution in [0.25, 0.3) is 0 Å². The summed E-state index contributed by atoms with van der Waals surface area (Å²) in [7, 11) is 0. The molecule has 2 rings (SSSR count). The summed E-state index contributed by atoms with van der Waals surface area (Å²) in [6, 6.07) is 7.52. The van der Waals surface area contributed by atoms with Gasteiger partial charge in [-0.05, 0) is 11.6 Å². The molecule has 13 heavy (non-hydrogen) atoms. The largest absolute Gasteiger partial charge is 0.351 e. The van der Waals surface area contributed by atoms with Gasteiger partial charge in [0.05, 0.1) is 0 Å². The van der Waals surface area contributed by atoms with Crippen molar-refractivity contribution in [2.75, 3.05) is 11.4 Å². The number of nitrogens with two attached hydrogens (primary N) is 1. The maximum absolute atomic E-state index is 11.1. The van der Waals surface area contributed by atoms with E-state index in [1.165, 1.54) is 5.56 Å². The normalized spacial score (nSPS) is 20.1. The van der Waals surface area contributed by atoms with Crippen molar-refractivity contribution in [2.24, 2.45) is 5.73 Å². The second kappa shape index (κ2) is 2.76. The molecule has 1 atom stereocenters. The highest BCUT2D eigenvalue weighted by molar-refractivity contribution is 5.93. The van der Waals surface area contributed by atoms with Gasteiger partial charge in [-0.15, -0.1) is 0 Å². The molecule has 68 valence electrons. The van der Waals surface area contributed by atoms with Crippen LogP contribution in [0.1, 0.15) is 18.4 Å². The van der Waals surface area contributed by atoms with Gasteiger partial charge < -0.3 is 5.73 Å². The number of anilines is 1. The lowest BCUT2D eigenvalue weighted by atomic mass is 10.0. The molecule has 0 radical (unpaired) electrons. The van der Waals surface area contributed by atoms with Gasteiger partial charge in [0, 0.05) is 18.2 Å². The smallest absolute Gasteiger partial charge is 0.319 e. The lowest BCUT2D eigenvalue weighted by molar-refractivity contribution is 0.254. The van der Waals surface area contributed by atoms with E-state index < -0.39 is 0 Å². The zero-order valence-electron chi connectivity index (χ0n) is 7.53. The van der Waals surface area contributed by atoms with E-state index in [1.807, 2.05) is 24.3 Å². The first-order valence-corrected chi connectivity index (χ1v) is 4.36. The third kappa shape index (κ3) is 1.16. The molecule has 1 aromatic rings. The average molecular weight is 176 g/mol. The van der Waals surface area contributed by atoms with Gasteiger partial charge in [-0.2, -0.15) is 0 Å². The minimum Gasteiger partial charge on any atom is -0.351 e. The fourth-order valence-electron chi connectivity index (χ4n) is 1.83. The number of fused-ring (bicyclic) bond motifs is 1. The molecule has 0 aliphatic carbocycles. The van der Waals surface area contributed by atoms with Gasteiger partial charge >= 0.3 is 6.03 Å². The molecular weight excluding hydrogens is 164 g/mol. The Labute approximate surface area is 77.1 Å². The second-order valence-corrected chi connectivity index (χ2v) is 3.41. The van der Waals surface area contributed by atoms with Crippen LogP contribution in [-0.2, 0) is 0 Å². The fourth-order valence-corrected chi connectivity index (χ4v) is 1.83. The lowest BCUT2D eigenvalue weighted by Crippen LogP contribution is -2.34. The lowest BCUT2D eigenvalue weighted by Gasteiger charge is -2.13. The maximum atomic E-state index is 11.1. The summed E-state index contributed by atoms with van der Waals surface area (Å²) in [5.41, 5.74) is 7.43. The summed E-state index contributed by atoms with van der Waals surface area (Å²) in [5.74, 6) is 0.392. The molecular formula is C10H12N2O. The molecule has 1 aromatic carbocycles. The van der Waals surface area contributed by atoms with Gasteiger partial charge in [0.1, 0.15) is 0 Å². The molecule has 2 N–H and O–H groups in total. The highest BCUT2D eigenvalue weighted by Crippen LogP contribution is 2.35. The number of nitrogens with zero attached hydrogens (tertiary/aromatic N) is 1. The van der Waals surface area contributed by atoms with Crippen molar-refractivity contribution in [2.45, 2.75) is 12.8 Å². The number of amides is 2. The molecule has 2 amide bonds. The molecule has 1 heterocycles. The summed E-state index contributed by atoms with van der Waals surface area (Å²) in [5, 5.41) is 0. The van der Waals surface area contributed by atoms with Crippen LogP contribution in [0, 0.1) is 0 Å². The zero-order chi connectivity index (χ0) is 9.42. The van der Waals surface area contributed by atoms with Gasteiger partial charge in [0.2, 0.25) is 0 Å². The number of hydrogen-bond acceptors (Lipinski definition) is 1. The molecule has 0 bridgehead atoms. The molecule has 0 saturated carbocycles. The number of hydrogen-bond donors (Lipinski definition) is 1. The van der Waals surface area contributed by atoms with Crippen LogP contribution in [0.2, 0.25) is 0 Å². The van der Waals surface area contributed by atoms with Crippen LogP contribution in [0.15, 0.2) is 24.3 Å². The van der Waals surface area contributed by atoms with E-state index in [9.17, 15) is 4.79 Å². The van der Waals surface area contributed by atoms with Crippen molar-refractivity contribution in [3.05, 3.63) is 29.8 Å². The van der Waals surface area contributed by atoms with Gasteiger partial charge in [-0.3, -0.25) is 4.90 Å². The van der Waals surface area contributed by atoms with Gasteiger partial charge in [-0.1, -0.05) is 25.1 Å². The van der Waals surface area contributed by atoms with Crippen LogP contribution in [0.3, 0.4) is 0 Å². The quantitative estimate of drug-likeness (QED) is 0.642. The molecule has 3 nitrogen and oxygen atoms in total. The first kappa shape index (κ1) is 8.10. The van der Waals surface area contributed by atoms with Gasteiger partial charge in [-0.25, -0.2) is 4.79 Å². The molecule has 3 heteroatoms. The van der Waals surface area contributed by atoms with Crippen molar-refractivity contribution in [3.63, 3.8) is 0 Å². The Balaban J connectivity index is 2.47. The Morgan fingerprint density at radius 1 is 1.54 bits per heavy atom. The summed E-state index contributed by atoms with van der Waals surface area (Å²) < 4.78 is 0. The van der Waals surface area contributed by atoms with Gasteiger partial charge in [0.15, 0.2) is 0 Å². The summed E-state index contributed by atoms with van der Waals surface area (Å²) in [4.78, 5) is 12.7. The van der Waals surface area contributed by atoms with Crippen molar-refractivity contribution in [1.82, 2.24) is 0 Å². The van der Waals surface area contributed by atoms with Crippen molar-refractivity contribution >= 4 is 11.7 Å². The van der Waals surface area contributed by atoms with E-state index in [0.717, 1.165) is 5.69 Å². The fraction of sp³-hybridized carbons (Fsp3) is 0.300. The van der Waals surface area contributed by atoms with E-state index in [2.05, 4.69) is 6.92 Å². The van der Waals surface area contributed by atoms with Gasteiger partial charge in [0.25, 0.3) is 0 Å². The Morgan fingerprint density at radius 3 is 2.92 bits per heavy atom. The van der Waals surface area contributed by atoms with E-state index in [-0.39, 0.29) is 6.03 Å². The Morgan fingerprint density at radius 2 is 2.23 bits per heavy atom. The average Bonchev–Trinajstić information content (AvgIpc) is 2.45. The summed E-state index contributed by atoms with van der Waals surface area (Å²) in [6.45, 7) is 2.80. The molecule has 1 unspecified atom stereocenters. The number of carbonyl (C=O) groups excluding carboxylic acids is 1. The monoisotopic (exact) mass is 176 g/mol. The standard InChI is InChI=1S/C10H12N2O/c1-7-6-12(10(11)13)9-5-3-2-4-8(7)9/h2-5,7H,6H2,1H3,(H2,11,13). The predicted octanol–water partition coefficient (Wildman–Crippen LogP) is 1.69. The highest BCUT2D eigenvalue weighted by atomic mass is 16.2. The van der Waals surface area contributed by atoms with Crippen molar-refractivity contribution in [1.29, 1.82) is 0 Å². The van der Waals surface area contributed by atoms with Crippen molar-refractivity contribution in [3.8, 4) is 0 Å². The van der Waals surface area contributed by atoms with Crippen LogP contribution in [0.5, 0.6) is 0 Å². The van der Waals surface area contributed by atoms with E-state index in [0.29, 0.717) is 12.5 Å². The number of rotatable bonds is 0. The summed E-state index contributed by atoms with van der Waals surface area (Å²) >= 11 is 0. The molecule has 1 aliphatic rings. The number of urea groups is 1. The summed E-state index contributed by atoms with van der Waals surface area (Å²) in [6.07, 6.45) is 0. The Hall–Kier alpha value is -1.51. The zero-order valence-corrected chi connectivity index (χ0v) is 7.53. The molecule has 0 saturated heterocycles. The maximum Gasteiger partial charge on any atom is 0.319 e. The first-order valence-electron chi connectivity index (χ1n) is 4.36. The Bertz CT molecular complexity index is 349.